The third-order valence-electron chi connectivity index (χ3n) is 2.65. The third kappa shape index (κ3) is 1.69. The highest BCUT2D eigenvalue weighted by atomic mass is 79.9. The van der Waals surface area contributed by atoms with Crippen LogP contribution in [0.15, 0.2) is 24.3 Å². The zero-order valence-corrected chi connectivity index (χ0v) is 10.5. The van der Waals surface area contributed by atoms with Gasteiger partial charge in [-0.25, -0.2) is 0 Å². The van der Waals surface area contributed by atoms with Crippen molar-refractivity contribution in [1.29, 1.82) is 0 Å². The van der Waals surface area contributed by atoms with Crippen molar-refractivity contribution in [3.05, 3.63) is 29.8 Å². The van der Waals surface area contributed by atoms with Crippen LogP contribution in [0, 0.1) is 5.92 Å². The van der Waals surface area contributed by atoms with E-state index < -0.39 is 4.32 Å². The van der Waals surface area contributed by atoms with Gasteiger partial charge in [-0.2, -0.15) is 0 Å². The van der Waals surface area contributed by atoms with Crippen molar-refractivity contribution in [2.24, 2.45) is 5.92 Å². The first kappa shape index (κ1) is 10.7. The maximum absolute atomic E-state index is 11.9. The van der Waals surface area contributed by atoms with Crippen LogP contribution < -0.4 is 5.32 Å². The van der Waals surface area contributed by atoms with E-state index in [2.05, 4.69) is 35.1 Å². The summed E-state index contributed by atoms with van der Waals surface area (Å²) >= 11 is 3.60. The van der Waals surface area contributed by atoms with Gasteiger partial charge in [-0.3, -0.25) is 4.79 Å². The Labute approximate surface area is 98.2 Å². The van der Waals surface area contributed by atoms with Gasteiger partial charge in [0.1, 0.15) is 4.32 Å². The van der Waals surface area contributed by atoms with Crippen LogP contribution in [-0.2, 0) is 9.12 Å². The second-order valence-electron chi connectivity index (χ2n) is 4.40. The van der Waals surface area contributed by atoms with Crippen molar-refractivity contribution >= 4 is 27.5 Å². The van der Waals surface area contributed by atoms with Gasteiger partial charge in [0.15, 0.2) is 0 Å². The minimum Gasteiger partial charge on any atom is -0.324 e. The molecule has 1 atom stereocenters. The number of halogens is 1. The van der Waals surface area contributed by atoms with Gasteiger partial charge in [-0.1, -0.05) is 48.0 Å². The lowest BCUT2D eigenvalue weighted by Gasteiger charge is -2.22. The van der Waals surface area contributed by atoms with Crippen LogP contribution in [-0.4, -0.2) is 5.91 Å². The predicted octanol–water partition coefficient (Wildman–Crippen LogP) is 3.28. The van der Waals surface area contributed by atoms with Crippen LogP contribution in [0.2, 0.25) is 0 Å². The Bertz CT molecular complexity index is 402. The molecule has 2 rings (SSSR count). The van der Waals surface area contributed by atoms with Gasteiger partial charge in [-0.15, -0.1) is 0 Å². The van der Waals surface area contributed by atoms with Crippen molar-refractivity contribution in [1.82, 2.24) is 0 Å². The van der Waals surface area contributed by atoms with E-state index in [9.17, 15) is 4.79 Å². The lowest BCUT2D eigenvalue weighted by molar-refractivity contribution is -0.118. The molecule has 1 aromatic carbocycles. The highest BCUT2D eigenvalue weighted by molar-refractivity contribution is 9.10. The summed E-state index contributed by atoms with van der Waals surface area (Å²) in [6.45, 7) is 4.24. The molecule has 0 radical (unpaired) electrons. The van der Waals surface area contributed by atoms with Crippen molar-refractivity contribution in [3.8, 4) is 0 Å². The molecule has 0 bridgehead atoms. The van der Waals surface area contributed by atoms with Crippen LogP contribution in [0.3, 0.4) is 0 Å². The average molecular weight is 268 g/mol. The predicted molar refractivity (Wildman–Crippen MR) is 65.1 cm³/mol. The van der Waals surface area contributed by atoms with E-state index in [4.69, 9.17) is 0 Å². The molecule has 1 aliphatic heterocycles. The number of benzene rings is 1. The molecule has 0 saturated heterocycles. The summed E-state index contributed by atoms with van der Waals surface area (Å²) < 4.78 is -0.530. The van der Waals surface area contributed by atoms with Gasteiger partial charge in [0.25, 0.3) is 0 Å². The minimum absolute atomic E-state index is 0.0531. The number of para-hydroxylation sites is 1. The molecule has 1 amide bonds. The monoisotopic (exact) mass is 267 g/mol. The van der Waals surface area contributed by atoms with Gasteiger partial charge >= 0.3 is 0 Å². The SMILES string of the molecule is CC(C)CC1(Br)C(=O)Nc2ccccc21. The summed E-state index contributed by atoms with van der Waals surface area (Å²) in [5, 5.41) is 2.91. The molecule has 1 N–H and O–H groups in total. The van der Waals surface area contributed by atoms with E-state index in [-0.39, 0.29) is 5.91 Å². The van der Waals surface area contributed by atoms with E-state index in [0.717, 1.165) is 17.7 Å². The summed E-state index contributed by atoms with van der Waals surface area (Å²) in [6, 6.07) is 7.85. The van der Waals surface area contributed by atoms with Crippen LogP contribution in [0.1, 0.15) is 25.8 Å². The zero-order chi connectivity index (χ0) is 11.1. The molecule has 1 heterocycles. The van der Waals surface area contributed by atoms with E-state index in [0.29, 0.717) is 5.92 Å². The van der Waals surface area contributed by atoms with Crippen molar-refractivity contribution < 1.29 is 4.79 Å². The molecular formula is C12H14BrNO. The first-order valence-electron chi connectivity index (χ1n) is 5.14. The fourth-order valence-corrected chi connectivity index (χ4v) is 3.14. The Balaban J connectivity index is 2.44. The number of alkyl halides is 1. The lowest BCUT2D eigenvalue weighted by Crippen LogP contribution is -2.29. The molecule has 15 heavy (non-hydrogen) atoms. The minimum atomic E-state index is -0.530. The van der Waals surface area contributed by atoms with E-state index >= 15 is 0 Å². The van der Waals surface area contributed by atoms with Gasteiger partial charge in [-0.05, 0) is 18.4 Å². The Morgan fingerprint density at radius 2 is 2.07 bits per heavy atom. The number of anilines is 1. The lowest BCUT2D eigenvalue weighted by atomic mass is 9.91. The highest BCUT2D eigenvalue weighted by Crippen LogP contribution is 2.46. The van der Waals surface area contributed by atoms with Crippen LogP contribution in [0.25, 0.3) is 0 Å². The molecule has 1 unspecified atom stereocenters. The molecule has 0 aromatic heterocycles. The first-order valence-corrected chi connectivity index (χ1v) is 5.93. The molecule has 0 saturated carbocycles. The maximum atomic E-state index is 11.9. The number of fused-ring (bicyclic) bond motifs is 1. The fraction of sp³-hybridized carbons (Fsp3) is 0.417. The van der Waals surface area contributed by atoms with E-state index in [1.54, 1.807) is 0 Å². The normalized spacial score (nSPS) is 24.1. The van der Waals surface area contributed by atoms with Crippen LogP contribution in [0.4, 0.5) is 5.69 Å². The van der Waals surface area contributed by atoms with E-state index in [1.807, 2.05) is 24.3 Å². The van der Waals surface area contributed by atoms with Crippen LogP contribution in [0.5, 0.6) is 0 Å². The Morgan fingerprint density at radius 3 is 2.73 bits per heavy atom. The third-order valence-corrected chi connectivity index (χ3v) is 3.76. The second-order valence-corrected chi connectivity index (χ2v) is 5.75. The number of hydrogen-bond acceptors (Lipinski definition) is 1. The van der Waals surface area contributed by atoms with Crippen molar-refractivity contribution in [2.45, 2.75) is 24.6 Å². The number of amides is 1. The molecule has 1 aromatic rings. The molecule has 0 spiro atoms. The van der Waals surface area contributed by atoms with Crippen molar-refractivity contribution in [2.75, 3.05) is 5.32 Å². The summed E-state index contributed by atoms with van der Waals surface area (Å²) in [5.74, 6) is 0.527. The molecule has 1 aliphatic rings. The zero-order valence-electron chi connectivity index (χ0n) is 8.88. The van der Waals surface area contributed by atoms with Gasteiger partial charge in [0, 0.05) is 11.3 Å². The fourth-order valence-electron chi connectivity index (χ4n) is 2.05. The maximum Gasteiger partial charge on any atom is 0.245 e. The quantitative estimate of drug-likeness (QED) is 0.819. The van der Waals surface area contributed by atoms with Gasteiger partial charge < -0.3 is 5.32 Å². The summed E-state index contributed by atoms with van der Waals surface area (Å²) in [7, 11) is 0. The van der Waals surface area contributed by atoms with Gasteiger partial charge in [0.05, 0.1) is 0 Å². The molecular weight excluding hydrogens is 254 g/mol. The molecule has 0 fully saturated rings. The Hall–Kier alpha value is -0.830. The molecule has 3 heteroatoms. The molecule has 80 valence electrons. The molecule has 2 nitrogen and oxygen atoms in total. The number of carbonyl (C=O) groups is 1. The smallest absolute Gasteiger partial charge is 0.245 e. The first-order chi connectivity index (χ1) is 7.04. The summed E-state index contributed by atoms with van der Waals surface area (Å²) in [6.07, 6.45) is 0.815. The van der Waals surface area contributed by atoms with Gasteiger partial charge in [0.2, 0.25) is 5.91 Å². The summed E-state index contributed by atoms with van der Waals surface area (Å²) in [5.41, 5.74) is 1.99. The standard InChI is InChI=1S/C12H14BrNO/c1-8(2)7-12(13)9-5-3-4-6-10(9)14-11(12)15/h3-6,8H,7H2,1-2H3,(H,14,15). The topological polar surface area (TPSA) is 29.1 Å². The Kier molecular flexibility index (Phi) is 2.59. The number of nitrogens with one attached hydrogen (secondary N) is 1. The van der Waals surface area contributed by atoms with E-state index in [1.165, 1.54) is 0 Å². The average Bonchev–Trinajstić information content (AvgIpc) is 2.39. The highest BCUT2D eigenvalue weighted by Gasteiger charge is 2.44. The number of hydrogen-bond donors (Lipinski definition) is 1. The number of rotatable bonds is 2. The largest absolute Gasteiger partial charge is 0.324 e. The molecule has 0 aliphatic carbocycles. The van der Waals surface area contributed by atoms with Crippen molar-refractivity contribution in [3.63, 3.8) is 0 Å². The summed E-state index contributed by atoms with van der Waals surface area (Å²) in [4.78, 5) is 11.9. The van der Waals surface area contributed by atoms with Crippen LogP contribution >= 0.6 is 15.9 Å². The number of carbonyl (C=O) groups excluding carboxylic acids is 1. The second kappa shape index (κ2) is 3.63. The Morgan fingerprint density at radius 1 is 1.40 bits per heavy atom.